The van der Waals surface area contributed by atoms with Crippen molar-refractivity contribution in [3.63, 3.8) is 0 Å². The second-order valence-corrected chi connectivity index (χ2v) is 10.9. The van der Waals surface area contributed by atoms with Crippen LogP contribution in [0.3, 0.4) is 0 Å². The average Bonchev–Trinajstić information content (AvgIpc) is 3.55. The third kappa shape index (κ3) is 8.23. The number of anilines is 2. The van der Waals surface area contributed by atoms with E-state index in [4.69, 9.17) is 9.72 Å². The number of hydrogen-bond acceptors (Lipinski definition) is 10. The Bertz CT molecular complexity index is 1790. The zero-order valence-corrected chi connectivity index (χ0v) is 26.6. The molecule has 5 aromatic rings. The van der Waals surface area contributed by atoms with Crippen LogP contribution in [-0.2, 0) is 6.54 Å². The summed E-state index contributed by atoms with van der Waals surface area (Å²) in [5.74, 6) is 0.972. The number of amides is 2. The number of nitrogens with zero attached hydrogens (tertiary/aromatic N) is 8. The lowest BCUT2D eigenvalue weighted by Gasteiger charge is -2.31. The molecule has 0 saturated heterocycles. The lowest BCUT2D eigenvalue weighted by atomic mass is 10.0. The molecule has 1 aromatic carbocycles. The molecule has 4 heterocycles. The van der Waals surface area contributed by atoms with Gasteiger partial charge in [0.15, 0.2) is 0 Å². The summed E-state index contributed by atoms with van der Waals surface area (Å²) in [5, 5.41) is 22.9. The minimum atomic E-state index is -0.219. The van der Waals surface area contributed by atoms with Crippen molar-refractivity contribution in [3.05, 3.63) is 90.3 Å². The molecule has 1 atom stereocenters. The second kappa shape index (κ2) is 15.9. The maximum absolute atomic E-state index is 13.8. The van der Waals surface area contributed by atoms with E-state index in [1.807, 2.05) is 49.4 Å². The van der Waals surface area contributed by atoms with Crippen LogP contribution in [0.25, 0.3) is 22.4 Å². The molecular formula is C34H37N11O2. The van der Waals surface area contributed by atoms with E-state index in [1.54, 1.807) is 29.7 Å². The van der Waals surface area contributed by atoms with Gasteiger partial charge in [0.05, 0.1) is 30.8 Å². The van der Waals surface area contributed by atoms with E-state index in [0.717, 1.165) is 47.2 Å². The van der Waals surface area contributed by atoms with Gasteiger partial charge in [-0.3, -0.25) is 10.00 Å². The molecule has 3 N–H and O–H groups in total. The minimum absolute atomic E-state index is 0.119. The SMILES string of the molecule is CCC[C@@H](CCCNc1ncc(C#N)c(-c2cn[nH]c2C)n1)N(C(=O)NCc1ccccc1)c1ccc(-c2cnc(OC)nc2)cn1. The first-order chi connectivity index (χ1) is 23.0. The summed E-state index contributed by atoms with van der Waals surface area (Å²) < 4.78 is 5.07. The predicted molar refractivity (Wildman–Crippen MR) is 178 cm³/mol. The van der Waals surface area contributed by atoms with Gasteiger partial charge in [0, 0.05) is 60.1 Å². The van der Waals surface area contributed by atoms with E-state index in [9.17, 15) is 10.1 Å². The van der Waals surface area contributed by atoms with Crippen LogP contribution in [0.15, 0.2) is 73.4 Å². The Balaban J connectivity index is 1.31. The van der Waals surface area contributed by atoms with E-state index >= 15 is 0 Å². The third-order valence-corrected chi connectivity index (χ3v) is 7.62. The summed E-state index contributed by atoms with van der Waals surface area (Å²) in [4.78, 5) is 37.6. The van der Waals surface area contributed by atoms with E-state index < -0.39 is 0 Å². The Hall–Kier alpha value is -5.90. The number of carbonyl (C=O) groups is 1. The number of ether oxygens (including phenoxy) is 1. The Morgan fingerprint density at radius 1 is 1.00 bits per heavy atom. The number of carbonyl (C=O) groups excluding carboxylic acids is 1. The lowest BCUT2D eigenvalue weighted by Crippen LogP contribution is -2.47. The van der Waals surface area contributed by atoms with Crippen LogP contribution in [0.2, 0.25) is 0 Å². The number of aromatic nitrogens is 7. The molecule has 13 nitrogen and oxygen atoms in total. The fourth-order valence-electron chi connectivity index (χ4n) is 5.20. The number of rotatable bonds is 14. The highest BCUT2D eigenvalue weighted by Crippen LogP contribution is 2.26. The smallest absolute Gasteiger partial charge is 0.323 e. The van der Waals surface area contributed by atoms with Gasteiger partial charge < -0.3 is 15.4 Å². The molecule has 0 aliphatic carbocycles. The molecule has 0 unspecified atom stereocenters. The number of nitriles is 1. The molecule has 0 aliphatic rings. The summed E-state index contributed by atoms with van der Waals surface area (Å²) in [7, 11) is 1.52. The van der Waals surface area contributed by atoms with Gasteiger partial charge in [-0.1, -0.05) is 43.7 Å². The van der Waals surface area contributed by atoms with Crippen LogP contribution in [0.5, 0.6) is 6.01 Å². The van der Waals surface area contributed by atoms with Gasteiger partial charge in [-0.15, -0.1) is 0 Å². The summed E-state index contributed by atoms with van der Waals surface area (Å²) >= 11 is 0. The standard InChI is InChI=1S/C34H37N11O2/c1-4-9-28(12-8-15-36-32-38-19-26(16-35)31(43-32)29-22-42-44-23(29)2)45(34(46)41-17-24-10-6-5-7-11-24)30-14-13-25(18-37-30)27-20-39-33(47-3)40-21-27/h5-7,10-11,13-14,18-22,28H,4,8-9,12,15,17H2,1-3H3,(H,41,46)(H,42,44)(H,36,38,43)/t28-/m0/s1. The van der Waals surface area contributed by atoms with Crippen molar-refractivity contribution in [2.24, 2.45) is 0 Å². The van der Waals surface area contributed by atoms with Gasteiger partial charge in [-0.25, -0.2) is 29.7 Å². The molecule has 2 amide bonds. The van der Waals surface area contributed by atoms with Crippen LogP contribution in [0.1, 0.15) is 49.4 Å². The molecule has 0 spiro atoms. The number of H-pyrrole nitrogens is 1. The number of methoxy groups -OCH3 is 1. The average molecular weight is 632 g/mol. The fraction of sp³-hybridized carbons (Fsp3) is 0.294. The van der Waals surface area contributed by atoms with E-state index in [-0.39, 0.29) is 18.1 Å². The van der Waals surface area contributed by atoms with E-state index in [0.29, 0.717) is 42.5 Å². The zero-order valence-electron chi connectivity index (χ0n) is 26.6. The Morgan fingerprint density at radius 3 is 2.45 bits per heavy atom. The minimum Gasteiger partial charge on any atom is -0.467 e. The number of benzene rings is 1. The number of aromatic amines is 1. The lowest BCUT2D eigenvalue weighted by molar-refractivity contribution is 0.242. The van der Waals surface area contributed by atoms with Gasteiger partial charge in [0.25, 0.3) is 0 Å². The number of hydrogen-bond donors (Lipinski definition) is 3. The number of urea groups is 1. The molecule has 0 bridgehead atoms. The third-order valence-electron chi connectivity index (χ3n) is 7.62. The van der Waals surface area contributed by atoms with Crippen molar-refractivity contribution >= 4 is 17.8 Å². The summed E-state index contributed by atoms with van der Waals surface area (Å²) in [6.45, 7) is 4.95. The number of aryl methyl sites for hydroxylation is 1. The monoisotopic (exact) mass is 631 g/mol. The van der Waals surface area contributed by atoms with Crippen LogP contribution >= 0.6 is 0 Å². The van der Waals surface area contributed by atoms with Crippen LogP contribution in [-0.4, -0.2) is 60.8 Å². The molecule has 4 aromatic heterocycles. The number of pyridine rings is 1. The number of nitrogens with one attached hydrogen (secondary N) is 3. The van der Waals surface area contributed by atoms with Crippen molar-refractivity contribution in [2.75, 3.05) is 23.9 Å². The first-order valence-electron chi connectivity index (χ1n) is 15.5. The molecule has 240 valence electrons. The van der Waals surface area contributed by atoms with Gasteiger partial charge in [0.1, 0.15) is 11.9 Å². The van der Waals surface area contributed by atoms with Gasteiger partial charge in [-0.05, 0) is 43.9 Å². The highest BCUT2D eigenvalue weighted by molar-refractivity contribution is 5.91. The van der Waals surface area contributed by atoms with E-state index in [2.05, 4.69) is 53.8 Å². The molecule has 0 radical (unpaired) electrons. The molecule has 5 rings (SSSR count). The van der Waals surface area contributed by atoms with E-state index in [1.165, 1.54) is 13.3 Å². The van der Waals surface area contributed by atoms with Crippen molar-refractivity contribution in [1.29, 1.82) is 5.26 Å². The van der Waals surface area contributed by atoms with Crippen molar-refractivity contribution in [1.82, 2.24) is 40.4 Å². The first kappa shape index (κ1) is 32.5. The Kier molecular flexibility index (Phi) is 11.0. The molecule has 0 fully saturated rings. The van der Waals surface area contributed by atoms with Gasteiger partial charge >= 0.3 is 12.0 Å². The predicted octanol–water partition coefficient (Wildman–Crippen LogP) is 5.68. The summed E-state index contributed by atoms with van der Waals surface area (Å²) in [6, 6.07) is 15.7. The quantitative estimate of drug-likeness (QED) is 0.129. The molecule has 13 heteroatoms. The van der Waals surface area contributed by atoms with Crippen LogP contribution in [0, 0.1) is 18.3 Å². The second-order valence-electron chi connectivity index (χ2n) is 10.9. The molecule has 0 saturated carbocycles. The van der Waals surface area contributed by atoms with Crippen molar-refractivity contribution < 1.29 is 9.53 Å². The first-order valence-corrected chi connectivity index (χ1v) is 15.5. The highest BCUT2D eigenvalue weighted by atomic mass is 16.5. The maximum atomic E-state index is 13.8. The zero-order chi connectivity index (χ0) is 33.0. The largest absolute Gasteiger partial charge is 0.467 e. The molecule has 47 heavy (non-hydrogen) atoms. The van der Waals surface area contributed by atoms with Crippen LogP contribution in [0.4, 0.5) is 16.6 Å². The van der Waals surface area contributed by atoms with Gasteiger partial charge in [-0.2, -0.15) is 10.4 Å². The molecule has 0 aliphatic heterocycles. The maximum Gasteiger partial charge on any atom is 0.323 e. The summed E-state index contributed by atoms with van der Waals surface area (Å²) in [5.41, 5.74) is 5.09. The normalized spacial score (nSPS) is 11.4. The Morgan fingerprint density at radius 2 is 1.79 bits per heavy atom. The van der Waals surface area contributed by atoms with Crippen molar-refractivity contribution in [2.45, 2.75) is 52.1 Å². The topological polar surface area (TPSA) is 171 Å². The highest BCUT2D eigenvalue weighted by Gasteiger charge is 2.26. The summed E-state index contributed by atoms with van der Waals surface area (Å²) in [6.07, 6.45) is 11.4. The van der Waals surface area contributed by atoms with Gasteiger partial charge in [0.2, 0.25) is 5.95 Å². The van der Waals surface area contributed by atoms with Crippen LogP contribution < -0.4 is 20.3 Å². The Labute approximate surface area is 273 Å². The fourth-order valence-corrected chi connectivity index (χ4v) is 5.20. The van der Waals surface area contributed by atoms with Crippen molar-refractivity contribution in [3.8, 4) is 34.5 Å². The molecular weight excluding hydrogens is 594 g/mol.